The molecule has 0 saturated carbocycles. The van der Waals surface area contributed by atoms with Gasteiger partial charge in [0, 0.05) is 44.5 Å². The van der Waals surface area contributed by atoms with Crippen LogP contribution in [0.15, 0.2) is 15.8 Å². The maximum Gasteiger partial charge on any atom is 0.363 e. The molecule has 158 valence electrons. The van der Waals surface area contributed by atoms with Crippen LogP contribution in [0.2, 0.25) is 0 Å². The molecule has 2 aliphatic rings. The van der Waals surface area contributed by atoms with E-state index in [4.69, 9.17) is 25.2 Å². The van der Waals surface area contributed by atoms with E-state index in [1.54, 1.807) is 18.7 Å². The number of ether oxygens (including phenoxy) is 2. The first-order chi connectivity index (χ1) is 13.3. The third-order valence-electron chi connectivity index (χ3n) is 4.93. The topological polar surface area (TPSA) is 115 Å². The van der Waals surface area contributed by atoms with Crippen LogP contribution in [0.3, 0.4) is 0 Å². The number of aromatic nitrogens is 2. The molecule has 2 saturated heterocycles. The number of methoxy groups -OCH3 is 1. The fourth-order valence-corrected chi connectivity index (χ4v) is 5.71. The normalized spacial score (nSPS) is 28.3. The Morgan fingerprint density at radius 3 is 2.89 bits per heavy atom. The van der Waals surface area contributed by atoms with E-state index in [0.717, 1.165) is 12.8 Å². The predicted molar refractivity (Wildman–Crippen MR) is 104 cm³/mol. The number of rotatable bonds is 7. The molecule has 12 heteroatoms. The smallest absolute Gasteiger partial charge is 0.363 e. The predicted octanol–water partition coefficient (Wildman–Crippen LogP) is 0.806. The lowest BCUT2D eigenvalue weighted by molar-refractivity contribution is -0.0934. The third-order valence-corrected chi connectivity index (χ3v) is 7.41. The van der Waals surface area contributed by atoms with Crippen molar-refractivity contribution in [3.05, 3.63) is 32.6 Å². The second-order valence-corrected chi connectivity index (χ2v) is 9.97. The van der Waals surface area contributed by atoms with Gasteiger partial charge in [-0.2, -0.15) is 0 Å². The molecule has 28 heavy (non-hydrogen) atoms. The molecule has 3 rings (SSSR count). The van der Waals surface area contributed by atoms with Crippen molar-refractivity contribution in [2.24, 2.45) is 0 Å². The van der Waals surface area contributed by atoms with Crippen LogP contribution in [0, 0.1) is 6.92 Å². The van der Waals surface area contributed by atoms with E-state index in [-0.39, 0.29) is 12.6 Å². The number of H-pyrrole nitrogens is 1. The number of hydrogen-bond donors (Lipinski definition) is 2. The van der Waals surface area contributed by atoms with Crippen molar-refractivity contribution in [3.8, 4) is 0 Å². The number of hydrogen-bond acceptors (Lipinski definition) is 7. The first-order valence-electron chi connectivity index (χ1n) is 9.20. The van der Waals surface area contributed by atoms with Gasteiger partial charge >= 0.3 is 12.6 Å². The van der Waals surface area contributed by atoms with Crippen LogP contribution in [-0.4, -0.2) is 66.3 Å². The Hall–Kier alpha value is -1.00. The van der Waals surface area contributed by atoms with Crippen LogP contribution in [0.4, 0.5) is 0 Å². The lowest BCUT2D eigenvalue weighted by Gasteiger charge is -2.33. The Morgan fingerprint density at radius 2 is 2.14 bits per heavy atom. The van der Waals surface area contributed by atoms with Crippen LogP contribution in [0.5, 0.6) is 0 Å². The van der Waals surface area contributed by atoms with E-state index in [1.807, 2.05) is 0 Å². The Kier molecular flexibility index (Phi) is 7.14. The summed E-state index contributed by atoms with van der Waals surface area (Å²) < 4.78 is 32.5. The SMILES string of the molecule is COC[C@@H]1CCCN1P(=O)(Cl)OC[C@@H]1CNC[C@H](n2cc(C)c(=O)[nH]c2=O)O1. The summed E-state index contributed by atoms with van der Waals surface area (Å²) in [5.74, 6) is 0. The number of morpholine rings is 1. The number of nitrogens with one attached hydrogen (secondary N) is 2. The summed E-state index contributed by atoms with van der Waals surface area (Å²) in [7, 11) is 1.60. The molecule has 0 spiro atoms. The molecule has 3 heterocycles. The minimum atomic E-state index is -3.51. The van der Waals surface area contributed by atoms with Crippen molar-refractivity contribution < 1.29 is 18.6 Å². The standard InChI is InChI=1S/C16H26ClN4O6P/c1-11-8-20(16(23)19-15(11)22)14-7-18-6-13(27-14)10-26-28(17,24)21-5-3-4-12(21)9-25-2/h8,12-14,18H,3-7,9-10H2,1-2H3,(H,19,22,23)/t12-,13-,14+,28?/m0/s1. The maximum absolute atomic E-state index is 12.9. The molecule has 2 fully saturated rings. The average molecular weight is 437 g/mol. The highest BCUT2D eigenvalue weighted by molar-refractivity contribution is 7.83. The minimum Gasteiger partial charge on any atom is -0.383 e. The van der Waals surface area contributed by atoms with Crippen LogP contribution in [-0.2, 0) is 18.6 Å². The fraction of sp³-hybridized carbons (Fsp3) is 0.750. The van der Waals surface area contributed by atoms with E-state index < -0.39 is 30.5 Å². The highest BCUT2D eigenvalue weighted by Crippen LogP contribution is 2.59. The molecule has 0 aromatic carbocycles. The third kappa shape index (κ3) is 4.94. The molecule has 0 amide bonds. The van der Waals surface area contributed by atoms with E-state index in [2.05, 4.69) is 10.3 Å². The highest BCUT2D eigenvalue weighted by atomic mass is 35.7. The number of aromatic amines is 1. The van der Waals surface area contributed by atoms with E-state index in [9.17, 15) is 14.2 Å². The van der Waals surface area contributed by atoms with Crippen molar-refractivity contribution >= 4 is 18.1 Å². The Balaban J connectivity index is 1.62. The molecule has 1 aromatic rings. The summed E-state index contributed by atoms with van der Waals surface area (Å²) in [4.78, 5) is 25.9. The van der Waals surface area contributed by atoms with Gasteiger partial charge in [-0.1, -0.05) is 0 Å². The summed E-state index contributed by atoms with van der Waals surface area (Å²) >= 11 is 6.24. The quantitative estimate of drug-likeness (QED) is 0.603. The lowest BCUT2D eigenvalue weighted by Crippen LogP contribution is -2.47. The van der Waals surface area contributed by atoms with Gasteiger partial charge in [0.1, 0.15) is 0 Å². The lowest BCUT2D eigenvalue weighted by atomic mass is 10.2. The van der Waals surface area contributed by atoms with Crippen molar-refractivity contribution in [1.82, 2.24) is 19.5 Å². The first-order valence-corrected chi connectivity index (χ1v) is 11.7. The second kappa shape index (κ2) is 9.21. The molecule has 0 aliphatic carbocycles. The summed E-state index contributed by atoms with van der Waals surface area (Å²) in [6, 6.07) is -0.0332. The van der Waals surface area contributed by atoms with E-state index in [0.29, 0.717) is 31.8 Å². The van der Waals surface area contributed by atoms with Gasteiger partial charge in [0.25, 0.3) is 5.56 Å². The summed E-state index contributed by atoms with van der Waals surface area (Å²) in [5.41, 5.74) is -0.569. The molecule has 0 radical (unpaired) electrons. The molecule has 4 atom stereocenters. The Morgan fingerprint density at radius 1 is 1.36 bits per heavy atom. The number of aryl methyl sites for hydroxylation is 1. The zero-order valence-electron chi connectivity index (χ0n) is 15.9. The molecular formula is C16H26ClN4O6P. The average Bonchev–Trinajstić information content (AvgIpc) is 3.13. The van der Waals surface area contributed by atoms with Crippen LogP contribution < -0.4 is 16.6 Å². The second-order valence-electron chi connectivity index (χ2n) is 7.01. The van der Waals surface area contributed by atoms with Gasteiger partial charge < -0.3 is 19.3 Å². The van der Waals surface area contributed by atoms with Crippen LogP contribution in [0.25, 0.3) is 0 Å². The summed E-state index contributed by atoms with van der Waals surface area (Å²) in [6.07, 6.45) is 2.13. The van der Waals surface area contributed by atoms with Crippen molar-refractivity contribution in [2.45, 2.75) is 38.1 Å². The van der Waals surface area contributed by atoms with E-state index in [1.165, 1.54) is 10.8 Å². The van der Waals surface area contributed by atoms with Gasteiger partial charge in [0.15, 0.2) is 6.23 Å². The Labute approximate surface area is 167 Å². The van der Waals surface area contributed by atoms with Crippen molar-refractivity contribution in [1.29, 1.82) is 0 Å². The Bertz CT molecular complexity index is 845. The first kappa shape index (κ1) is 21.7. The molecule has 10 nitrogen and oxygen atoms in total. The largest absolute Gasteiger partial charge is 0.383 e. The highest BCUT2D eigenvalue weighted by Gasteiger charge is 2.39. The minimum absolute atomic E-state index is 0.0115. The molecule has 0 bridgehead atoms. The zero-order chi connectivity index (χ0) is 20.3. The molecule has 1 aromatic heterocycles. The monoisotopic (exact) mass is 436 g/mol. The number of halogens is 1. The maximum atomic E-state index is 12.9. The fourth-order valence-electron chi connectivity index (χ4n) is 3.49. The van der Waals surface area contributed by atoms with Gasteiger partial charge in [-0.3, -0.25) is 18.9 Å². The summed E-state index contributed by atoms with van der Waals surface area (Å²) in [5, 5.41) is 3.16. The summed E-state index contributed by atoms with van der Waals surface area (Å²) in [6.45, 7) is 0.00662. The zero-order valence-corrected chi connectivity index (χ0v) is 17.6. The van der Waals surface area contributed by atoms with E-state index >= 15 is 0 Å². The van der Waals surface area contributed by atoms with Crippen molar-refractivity contribution in [2.75, 3.05) is 40.0 Å². The molecule has 1 unspecified atom stereocenters. The number of nitrogens with zero attached hydrogens (tertiary/aromatic N) is 2. The van der Waals surface area contributed by atoms with Gasteiger partial charge in [-0.05, 0) is 31.0 Å². The van der Waals surface area contributed by atoms with Crippen LogP contribution in [0.1, 0.15) is 24.6 Å². The van der Waals surface area contributed by atoms with Crippen molar-refractivity contribution in [3.63, 3.8) is 0 Å². The molecule has 2 aliphatic heterocycles. The van der Waals surface area contributed by atoms with Gasteiger partial charge in [-0.25, -0.2) is 9.46 Å². The van der Waals surface area contributed by atoms with Crippen LogP contribution >= 0.6 is 18.1 Å². The molecule has 2 N–H and O–H groups in total. The van der Waals surface area contributed by atoms with Gasteiger partial charge in [0.2, 0.25) is 0 Å². The van der Waals surface area contributed by atoms with Gasteiger partial charge in [0.05, 0.1) is 19.3 Å². The van der Waals surface area contributed by atoms with Gasteiger partial charge in [-0.15, -0.1) is 0 Å². The molecular weight excluding hydrogens is 411 g/mol.